The Bertz CT molecular complexity index is 386. The summed E-state index contributed by atoms with van der Waals surface area (Å²) < 4.78 is 0. The second kappa shape index (κ2) is 4.45. The van der Waals surface area contributed by atoms with Crippen molar-refractivity contribution in [1.82, 2.24) is 5.06 Å². The number of hydroxylamine groups is 2. The molecule has 1 aliphatic rings. The lowest BCUT2D eigenvalue weighted by Gasteiger charge is -2.19. The van der Waals surface area contributed by atoms with E-state index in [1.807, 2.05) is 37.3 Å². The van der Waals surface area contributed by atoms with Crippen LogP contribution in [-0.2, 0) is 14.4 Å². The standard InChI is InChI=1S/C12H13NO3/c1-9(10-5-3-2-4-6-10)16-13-11(14)7-8-12(13)15/h2-6,9H,7-8H2,1H3. The molecule has 2 amide bonds. The van der Waals surface area contributed by atoms with E-state index in [0.717, 1.165) is 10.6 Å². The fourth-order valence-electron chi connectivity index (χ4n) is 1.62. The molecular weight excluding hydrogens is 206 g/mol. The molecule has 1 aromatic rings. The van der Waals surface area contributed by atoms with Crippen LogP contribution in [0.2, 0.25) is 0 Å². The van der Waals surface area contributed by atoms with Gasteiger partial charge in [-0.1, -0.05) is 30.3 Å². The number of benzene rings is 1. The fourth-order valence-corrected chi connectivity index (χ4v) is 1.62. The average molecular weight is 219 g/mol. The number of nitrogens with zero attached hydrogens (tertiary/aromatic N) is 1. The molecule has 0 aliphatic carbocycles. The summed E-state index contributed by atoms with van der Waals surface area (Å²) in [4.78, 5) is 28.0. The highest BCUT2D eigenvalue weighted by Gasteiger charge is 2.31. The topological polar surface area (TPSA) is 46.6 Å². The van der Waals surface area contributed by atoms with E-state index >= 15 is 0 Å². The molecule has 0 bridgehead atoms. The summed E-state index contributed by atoms with van der Waals surface area (Å²) in [6, 6.07) is 9.49. The maximum Gasteiger partial charge on any atom is 0.254 e. The molecule has 1 fully saturated rings. The van der Waals surface area contributed by atoms with Crippen LogP contribution in [0.3, 0.4) is 0 Å². The molecule has 0 aromatic heterocycles. The van der Waals surface area contributed by atoms with Crippen molar-refractivity contribution in [3.05, 3.63) is 35.9 Å². The van der Waals surface area contributed by atoms with Crippen molar-refractivity contribution in [2.75, 3.05) is 0 Å². The molecular formula is C12H13NO3. The van der Waals surface area contributed by atoms with E-state index in [1.54, 1.807) is 0 Å². The first kappa shape index (κ1) is 10.8. The second-order valence-corrected chi connectivity index (χ2v) is 3.74. The van der Waals surface area contributed by atoms with Gasteiger partial charge in [0.05, 0.1) is 0 Å². The van der Waals surface area contributed by atoms with Gasteiger partial charge in [0.2, 0.25) is 0 Å². The average Bonchev–Trinajstić information content (AvgIpc) is 2.62. The third-order valence-electron chi connectivity index (χ3n) is 2.54. The van der Waals surface area contributed by atoms with E-state index in [9.17, 15) is 9.59 Å². The molecule has 16 heavy (non-hydrogen) atoms. The lowest BCUT2D eigenvalue weighted by Crippen LogP contribution is -2.30. The molecule has 4 heteroatoms. The predicted molar refractivity (Wildman–Crippen MR) is 57.0 cm³/mol. The van der Waals surface area contributed by atoms with Crippen LogP contribution in [0.4, 0.5) is 0 Å². The molecule has 4 nitrogen and oxygen atoms in total. The molecule has 2 rings (SSSR count). The van der Waals surface area contributed by atoms with E-state index in [-0.39, 0.29) is 30.8 Å². The Balaban J connectivity index is 2.05. The van der Waals surface area contributed by atoms with Gasteiger partial charge >= 0.3 is 0 Å². The summed E-state index contributed by atoms with van der Waals surface area (Å²) in [6.45, 7) is 1.81. The maximum atomic E-state index is 11.3. The zero-order chi connectivity index (χ0) is 11.5. The van der Waals surface area contributed by atoms with Crippen molar-refractivity contribution in [3.8, 4) is 0 Å². The van der Waals surface area contributed by atoms with Gasteiger partial charge in [0.25, 0.3) is 11.8 Å². The highest BCUT2D eigenvalue weighted by Crippen LogP contribution is 2.21. The molecule has 1 atom stereocenters. The number of carbonyl (C=O) groups excluding carboxylic acids is 2. The van der Waals surface area contributed by atoms with Gasteiger partial charge in [-0.25, -0.2) is 0 Å². The first-order valence-electron chi connectivity index (χ1n) is 5.26. The summed E-state index contributed by atoms with van der Waals surface area (Å²) in [5.74, 6) is -0.513. The van der Waals surface area contributed by atoms with Crippen LogP contribution in [0, 0.1) is 0 Å². The van der Waals surface area contributed by atoms with Crippen molar-refractivity contribution in [1.29, 1.82) is 0 Å². The first-order chi connectivity index (χ1) is 7.68. The summed E-state index contributed by atoms with van der Waals surface area (Å²) in [5, 5.41) is 0.887. The zero-order valence-electron chi connectivity index (χ0n) is 9.05. The van der Waals surface area contributed by atoms with Gasteiger partial charge in [-0.2, -0.15) is 5.06 Å². The number of amides is 2. The lowest BCUT2D eigenvalue weighted by atomic mass is 10.1. The number of hydrogen-bond acceptors (Lipinski definition) is 3. The monoisotopic (exact) mass is 219 g/mol. The fraction of sp³-hybridized carbons (Fsp3) is 0.333. The van der Waals surface area contributed by atoms with E-state index in [1.165, 1.54) is 0 Å². The van der Waals surface area contributed by atoms with Gasteiger partial charge in [-0.05, 0) is 12.5 Å². The highest BCUT2D eigenvalue weighted by atomic mass is 16.7. The number of carbonyl (C=O) groups is 2. The zero-order valence-corrected chi connectivity index (χ0v) is 9.05. The first-order valence-corrected chi connectivity index (χ1v) is 5.26. The minimum atomic E-state index is -0.299. The Morgan fingerprint density at radius 3 is 2.25 bits per heavy atom. The smallest absolute Gasteiger partial charge is 0.254 e. The lowest BCUT2D eigenvalue weighted by molar-refractivity contribution is -0.201. The van der Waals surface area contributed by atoms with Crippen LogP contribution < -0.4 is 0 Å². The van der Waals surface area contributed by atoms with Gasteiger partial charge in [0, 0.05) is 12.8 Å². The van der Waals surface area contributed by atoms with Crippen LogP contribution in [-0.4, -0.2) is 16.9 Å². The summed E-state index contributed by atoms with van der Waals surface area (Å²) in [5.41, 5.74) is 0.940. The van der Waals surface area contributed by atoms with Gasteiger partial charge < -0.3 is 0 Å². The summed E-state index contributed by atoms with van der Waals surface area (Å²) in [7, 11) is 0. The maximum absolute atomic E-state index is 11.3. The molecule has 1 aromatic carbocycles. The molecule has 0 spiro atoms. The summed E-state index contributed by atoms with van der Waals surface area (Å²) in [6.07, 6.45) is 0.202. The van der Waals surface area contributed by atoms with Crippen LogP contribution in [0.5, 0.6) is 0 Å². The number of imide groups is 1. The number of hydrogen-bond donors (Lipinski definition) is 0. The molecule has 84 valence electrons. The quantitative estimate of drug-likeness (QED) is 0.728. The SMILES string of the molecule is CC(ON1C(=O)CCC1=O)c1ccccc1. The Kier molecular flexibility index (Phi) is 3.01. The Morgan fingerprint density at radius 1 is 1.12 bits per heavy atom. The molecule has 1 saturated heterocycles. The molecule has 0 saturated carbocycles. The largest absolute Gasteiger partial charge is 0.272 e. The Morgan fingerprint density at radius 2 is 1.69 bits per heavy atom. The van der Waals surface area contributed by atoms with Crippen LogP contribution in [0.1, 0.15) is 31.4 Å². The Labute approximate surface area is 93.8 Å². The second-order valence-electron chi connectivity index (χ2n) is 3.74. The summed E-state index contributed by atoms with van der Waals surface area (Å²) >= 11 is 0. The van der Waals surface area contributed by atoms with Crippen LogP contribution in [0.15, 0.2) is 30.3 Å². The van der Waals surface area contributed by atoms with Crippen molar-refractivity contribution in [2.45, 2.75) is 25.9 Å². The normalized spacial score (nSPS) is 17.9. The van der Waals surface area contributed by atoms with Crippen molar-refractivity contribution in [2.24, 2.45) is 0 Å². The predicted octanol–water partition coefficient (Wildman–Crippen LogP) is 1.83. The molecule has 1 unspecified atom stereocenters. The third-order valence-corrected chi connectivity index (χ3v) is 2.54. The minimum absolute atomic E-state index is 0.250. The van der Waals surface area contributed by atoms with Crippen LogP contribution >= 0.6 is 0 Å². The number of rotatable bonds is 3. The van der Waals surface area contributed by atoms with Crippen LogP contribution in [0.25, 0.3) is 0 Å². The third kappa shape index (κ3) is 2.12. The Hall–Kier alpha value is -1.68. The van der Waals surface area contributed by atoms with Crippen molar-refractivity contribution < 1.29 is 14.4 Å². The van der Waals surface area contributed by atoms with Gasteiger partial charge in [0.15, 0.2) is 0 Å². The molecule has 0 radical (unpaired) electrons. The van der Waals surface area contributed by atoms with E-state index in [4.69, 9.17) is 4.84 Å². The van der Waals surface area contributed by atoms with E-state index < -0.39 is 0 Å². The minimum Gasteiger partial charge on any atom is -0.272 e. The van der Waals surface area contributed by atoms with Gasteiger partial charge in [-0.3, -0.25) is 14.4 Å². The van der Waals surface area contributed by atoms with Crippen molar-refractivity contribution >= 4 is 11.8 Å². The molecule has 1 heterocycles. The van der Waals surface area contributed by atoms with E-state index in [2.05, 4.69) is 0 Å². The van der Waals surface area contributed by atoms with E-state index in [0.29, 0.717) is 0 Å². The highest BCUT2D eigenvalue weighted by molar-refractivity contribution is 6.00. The van der Waals surface area contributed by atoms with Gasteiger partial charge in [0.1, 0.15) is 6.10 Å². The van der Waals surface area contributed by atoms with Gasteiger partial charge in [-0.15, -0.1) is 0 Å². The molecule has 1 aliphatic heterocycles. The molecule has 0 N–H and O–H groups in total. The van der Waals surface area contributed by atoms with Crippen molar-refractivity contribution in [3.63, 3.8) is 0 Å².